The van der Waals surface area contributed by atoms with E-state index in [1.165, 1.54) is 50.9 Å². The van der Waals surface area contributed by atoms with Gasteiger partial charge in [-0.2, -0.15) is 10.2 Å². The van der Waals surface area contributed by atoms with Crippen LogP contribution in [0.2, 0.25) is 0 Å². The maximum Gasteiger partial charge on any atom is 0.200 e. The fourth-order valence-electron chi connectivity index (χ4n) is 1.89. The van der Waals surface area contributed by atoms with E-state index in [2.05, 4.69) is 10.2 Å². The van der Waals surface area contributed by atoms with Crippen molar-refractivity contribution in [2.24, 2.45) is 10.2 Å². The quantitative estimate of drug-likeness (QED) is 0.334. The van der Waals surface area contributed by atoms with E-state index in [1.54, 1.807) is 0 Å². The molecule has 0 heterocycles. The van der Waals surface area contributed by atoms with Crippen molar-refractivity contribution in [1.29, 1.82) is 0 Å². The Bertz CT molecular complexity index is 738. The third-order valence-electron chi connectivity index (χ3n) is 3.07. The minimum Gasteiger partial charge on any atom is -0.504 e. The Labute approximate surface area is 148 Å². The molecule has 2 aromatic rings. The molecule has 0 saturated carbocycles. The summed E-state index contributed by atoms with van der Waals surface area (Å²) in [5.74, 6) is -1.18. The lowest BCUT2D eigenvalue weighted by molar-refractivity contribution is 0.351. The van der Waals surface area contributed by atoms with Gasteiger partial charge in [-0.3, -0.25) is 0 Å². The molecule has 8 N–H and O–H groups in total. The summed E-state index contributed by atoms with van der Waals surface area (Å²) >= 11 is 0. The van der Waals surface area contributed by atoms with Gasteiger partial charge in [0.05, 0.1) is 26.6 Å². The highest BCUT2D eigenvalue weighted by Gasteiger charge is 2.09. The topological polar surface area (TPSA) is 187 Å². The lowest BCUT2D eigenvalue weighted by Crippen LogP contribution is -1.89. The Morgan fingerprint density at radius 2 is 1.04 bits per heavy atom. The summed E-state index contributed by atoms with van der Waals surface area (Å²) in [5.41, 5.74) is 0.927. The van der Waals surface area contributed by atoms with E-state index in [9.17, 15) is 20.4 Å². The maximum absolute atomic E-state index is 9.57. The van der Waals surface area contributed by atoms with Gasteiger partial charge in [0.2, 0.25) is 11.5 Å². The Kier molecular flexibility index (Phi) is 8.41. The van der Waals surface area contributed by atoms with Gasteiger partial charge >= 0.3 is 0 Å². The van der Waals surface area contributed by atoms with Crippen molar-refractivity contribution in [3.8, 4) is 34.5 Å². The molecule has 26 heavy (non-hydrogen) atoms. The fraction of sp³-hybridized carbons (Fsp3) is 0.125. The molecule has 10 nitrogen and oxygen atoms in total. The number of nitrogens with zero attached hydrogens (tertiary/aromatic N) is 2. The molecule has 0 atom stereocenters. The first kappa shape index (κ1) is 22.5. The van der Waals surface area contributed by atoms with Crippen molar-refractivity contribution in [1.82, 2.24) is 0 Å². The first-order valence-electron chi connectivity index (χ1n) is 6.72. The van der Waals surface area contributed by atoms with Gasteiger partial charge in [0.1, 0.15) is 0 Å². The van der Waals surface area contributed by atoms with Gasteiger partial charge in [-0.25, -0.2) is 0 Å². The molecule has 0 bridgehead atoms. The average molecular weight is 368 g/mol. The van der Waals surface area contributed by atoms with Crippen LogP contribution in [0.25, 0.3) is 0 Å². The standard InChI is InChI=1S/C16H16N2O6.2H2O/c1-23-13-5-9(3-11(19)15(13)21)7-17-18-8-10-4-12(20)16(22)14(6-10)24-2;;/h3-8,19-22H,1-2H3;2*1H2/b17-7+,18-8+;;. The van der Waals surface area contributed by atoms with Gasteiger partial charge in [0.15, 0.2) is 23.0 Å². The molecule has 0 aliphatic carbocycles. The zero-order chi connectivity index (χ0) is 17.7. The van der Waals surface area contributed by atoms with Crippen molar-refractivity contribution in [3.05, 3.63) is 35.4 Å². The monoisotopic (exact) mass is 368 g/mol. The summed E-state index contributed by atoms with van der Waals surface area (Å²) in [7, 11) is 2.72. The molecule has 0 aliphatic rings. The summed E-state index contributed by atoms with van der Waals surface area (Å²) in [4.78, 5) is 0. The molecular weight excluding hydrogens is 348 g/mol. The van der Waals surface area contributed by atoms with Crippen LogP contribution >= 0.6 is 0 Å². The second-order valence-electron chi connectivity index (χ2n) is 4.67. The van der Waals surface area contributed by atoms with E-state index < -0.39 is 0 Å². The van der Waals surface area contributed by atoms with E-state index >= 15 is 0 Å². The molecule has 0 spiro atoms. The minimum absolute atomic E-state index is 0. The van der Waals surface area contributed by atoms with Crippen molar-refractivity contribution >= 4 is 12.4 Å². The van der Waals surface area contributed by atoms with Crippen molar-refractivity contribution in [3.63, 3.8) is 0 Å². The Morgan fingerprint density at radius 3 is 1.35 bits per heavy atom. The second-order valence-corrected chi connectivity index (χ2v) is 4.67. The smallest absolute Gasteiger partial charge is 0.200 e. The van der Waals surface area contributed by atoms with Crippen LogP contribution in [0.4, 0.5) is 0 Å². The van der Waals surface area contributed by atoms with Crippen LogP contribution < -0.4 is 9.47 Å². The largest absolute Gasteiger partial charge is 0.504 e. The van der Waals surface area contributed by atoms with Crippen LogP contribution in [0.5, 0.6) is 34.5 Å². The van der Waals surface area contributed by atoms with Crippen LogP contribution in [0.15, 0.2) is 34.5 Å². The number of phenolic OH excluding ortho intramolecular Hbond substituents is 4. The number of benzene rings is 2. The average Bonchev–Trinajstić information content (AvgIpc) is 2.57. The molecule has 10 heteroatoms. The first-order chi connectivity index (χ1) is 11.5. The van der Waals surface area contributed by atoms with E-state index in [-0.39, 0.29) is 45.4 Å². The van der Waals surface area contributed by atoms with Crippen LogP contribution in [-0.2, 0) is 0 Å². The lowest BCUT2D eigenvalue weighted by Gasteiger charge is -2.06. The molecule has 0 amide bonds. The molecule has 0 fully saturated rings. The molecule has 2 aromatic carbocycles. The van der Waals surface area contributed by atoms with Gasteiger partial charge in [-0.1, -0.05) is 0 Å². The second kappa shape index (κ2) is 9.71. The maximum atomic E-state index is 9.57. The highest BCUT2D eigenvalue weighted by molar-refractivity contribution is 5.85. The minimum atomic E-state index is -0.357. The normalized spacial score (nSPS) is 10.4. The number of rotatable bonds is 5. The zero-order valence-electron chi connectivity index (χ0n) is 14.0. The third kappa shape index (κ3) is 5.00. The number of phenols is 4. The van der Waals surface area contributed by atoms with Gasteiger partial charge < -0.3 is 40.9 Å². The molecule has 2 rings (SSSR count). The Balaban J connectivity index is 0.00000312. The van der Waals surface area contributed by atoms with E-state index in [1.807, 2.05) is 0 Å². The summed E-state index contributed by atoms with van der Waals surface area (Å²) in [5, 5.41) is 45.8. The van der Waals surface area contributed by atoms with Crippen molar-refractivity contribution < 1.29 is 40.9 Å². The molecule has 0 saturated heterocycles. The molecule has 142 valence electrons. The molecule has 0 radical (unpaired) electrons. The molecule has 0 aliphatic heterocycles. The van der Waals surface area contributed by atoms with Crippen molar-refractivity contribution in [2.75, 3.05) is 14.2 Å². The van der Waals surface area contributed by atoms with Gasteiger partial charge in [0.25, 0.3) is 0 Å². The SMILES string of the molecule is COc1cc(/C=N/N=C/c2cc(O)c(O)c(OC)c2)cc(O)c1O.O.O. The first-order valence-corrected chi connectivity index (χ1v) is 6.72. The number of hydrogen-bond donors (Lipinski definition) is 4. The summed E-state index contributed by atoms with van der Waals surface area (Å²) in [6, 6.07) is 5.55. The van der Waals surface area contributed by atoms with Crippen LogP contribution in [0, 0.1) is 0 Å². The van der Waals surface area contributed by atoms with Crippen LogP contribution in [-0.4, -0.2) is 58.0 Å². The molecule has 0 aromatic heterocycles. The summed E-state index contributed by atoms with van der Waals surface area (Å²) in [6.07, 6.45) is 2.69. The lowest BCUT2D eigenvalue weighted by atomic mass is 10.2. The number of ether oxygens (including phenoxy) is 2. The van der Waals surface area contributed by atoms with E-state index in [4.69, 9.17) is 9.47 Å². The van der Waals surface area contributed by atoms with Crippen LogP contribution in [0.3, 0.4) is 0 Å². The predicted octanol–water partition coefficient (Wildman–Crippen LogP) is 0.330. The fourth-order valence-corrected chi connectivity index (χ4v) is 1.89. The Hall–Kier alpha value is -3.50. The highest BCUT2D eigenvalue weighted by atomic mass is 16.5. The van der Waals surface area contributed by atoms with Gasteiger partial charge in [-0.15, -0.1) is 0 Å². The molecule has 0 unspecified atom stereocenters. The Morgan fingerprint density at radius 1 is 0.692 bits per heavy atom. The third-order valence-corrected chi connectivity index (χ3v) is 3.07. The summed E-state index contributed by atoms with van der Waals surface area (Å²) in [6.45, 7) is 0. The number of aromatic hydroxyl groups is 4. The van der Waals surface area contributed by atoms with E-state index in [0.717, 1.165) is 0 Å². The van der Waals surface area contributed by atoms with Crippen molar-refractivity contribution in [2.45, 2.75) is 0 Å². The number of hydrogen-bond acceptors (Lipinski definition) is 8. The number of methoxy groups -OCH3 is 2. The molecular formula is C16H20N2O8. The van der Waals surface area contributed by atoms with Gasteiger partial charge in [-0.05, 0) is 24.3 Å². The van der Waals surface area contributed by atoms with Gasteiger partial charge in [0, 0.05) is 11.1 Å². The predicted molar refractivity (Wildman–Crippen MR) is 95.1 cm³/mol. The highest BCUT2D eigenvalue weighted by Crippen LogP contribution is 2.36. The zero-order valence-corrected chi connectivity index (χ0v) is 14.0. The van der Waals surface area contributed by atoms with Crippen LogP contribution in [0.1, 0.15) is 11.1 Å². The van der Waals surface area contributed by atoms with E-state index in [0.29, 0.717) is 11.1 Å². The summed E-state index contributed by atoms with van der Waals surface area (Å²) < 4.78 is 9.83.